The summed E-state index contributed by atoms with van der Waals surface area (Å²) in [4.78, 5) is 0. The minimum Gasteiger partial charge on any atom is -0.389 e. The van der Waals surface area contributed by atoms with Gasteiger partial charge in [0.05, 0.1) is 11.7 Å². The van der Waals surface area contributed by atoms with Crippen LogP contribution in [0.3, 0.4) is 0 Å². The Bertz CT molecular complexity index is 334. The van der Waals surface area contributed by atoms with Gasteiger partial charge in [0.15, 0.2) is 0 Å². The molecule has 0 spiro atoms. The lowest BCUT2D eigenvalue weighted by molar-refractivity contribution is -0.194. The van der Waals surface area contributed by atoms with E-state index in [2.05, 4.69) is 19.2 Å². The average molecular weight is 281 g/mol. The highest BCUT2D eigenvalue weighted by molar-refractivity contribution is 5.10. The van der Waals surface area contributed by atoms with Crippen LogP contribution in [0, 0.1) is 11.3 Å². The van der Waals surface area contributed by atoms with Crippen LogP contribution in [0.5, 0.6) is 0 Å². The van der Waals surface area contributed by atoms with E-state index >= 15 is 0 Å². The molecular formula is C17H31NO2. The van der Waals surface area contributed by atoms with E-state index in [-0.39, 0.29) is 5.41 Å². The van der Waals surface area contributed by atoms with E-state index in [0.29, 0.717) is 18.1 Å². The fourth-order valence-electron chi connectivity index (χ4n) is 4.80. The lowest BCUT2D eigenvalue weighted by Gasteiger charge is -2.60. The van der Waals surface area contributed by atoms with E-state index in [1.165, 1.54) is 38.5 Å². The van der Waals surface area contributed by atoms with Crippen LogP contribution in [0.1, 0.15) is 65.2 Å². The molecule has 0 aromatic rings. The molecule has 0 bridgehead atoms. The Kier molecular flexibility index (Phi) is 4.13. The first kappa shape index (κ1) is 14.8. The number of fused-ring (bicyclic) bond motifs is 1. The fraction of sp³-hybridized carbons (Fsp3) is 1.00. The molecule has 3 unspecified atom stereocenters. The Balaban J connectivity index is 1.57. The van der Waals surface area contributed by atoms with Gasteiger partial charge in [-0.25, -0.2) is 0 Å². The van der Waals surface area contributed by atoms with E-state index in [1.807, 2.05) is 0 Å². The first-order chi connectivity index (χ1) is 9.53. The van der Waals surface area contributed by atoms with Gasteiger partial charge in [-0.05, 0) is 25.7 Å². The average Bonchev–Trinajstić information content (AvgIpc) is 2.64. The normalized spacial score (nSPS) is 39.5. The van der Waals surface area contributed by atoms with Crippen molar-refractivity contribution in [2.75, 3.05) is 13.2 Å². The number of hydrogen-bond donors (Lipinski definition) is 2. The minimum absolute atomic E-state index is 0.214. The summed E-state index contributed by atoms with van der Waals surface area (Å²) in [6, 6.07) is 0.514. The van der Waals surface area contributed by atoms with Gasteiger partial charge >= 0.3 is 0 Å². The van der Waals surface area contributed by atoms with Crippen LogP contribution < -0.4 is 5.32 Å². The van der Waals surface area contributed by atoms with Crippen LogP contribution in [-0.4, -0.2) is 36.0 Å². The van der Waals surface area contributed by atoms with Crippen molar-refractivity contribution >= 4 is 0 Å². The molecule has 0 aromatic carbocycles. The standard InChI is InChI=1S/C17H31NO2/c1-16(2)14(13-8-7-11-20-15(13)16)18-12-17(19)9-5-3-4-6-10-17/h13-15,18-19H,3-12H2,1-2H3. The van der Waals surface area contributed by atoms with Crippen LogP contribution in [0.4, 0.5) is 0 Å². The number of ether oxygens (including phenoxy) is 1. The monoisotopic (exact) mass is 281 g/mol. The van der Waals surface area contributed by atoms with Gasteiger partial charge in [-0.2, -0.15) is 0 Å². The maximum atomic E-state index is 10.8. The second-order valence-corrected chi connectivity index (χ2v) is 7.92. The minimum atomic E-state index is -0.465. The molecule has 3 atom stereocenters. The Morgan fingerprint density at radius 3 is 2.50 bits per heavy atom. The van der Waals surface area contributed by atoms with Crippen molar-refractivity contribution < 1.29 is 9.84 Å². The van der Waals surface area contributed by atoms with Gasteiger partial charge in [-0.1, -0.05) is 39.5 Å². The topological polar surface area (TPSA) is 41.5 Å². The molecule has 116 valence electrons. The molecule has 3 heteroatoms. The summed E-state index contributed by atoms with van der Waals surface area (Å²) in [5.41, 5.74) is -0.251. The molecule has 20 heavy (non-hydrogen) atoms. The smallest absolute Gasteiger partial charge is 0.0771 e. The number of rotatable bonds is 3. The molecule has 3 nitrogen and oxygen atoms in total. The van der Waals surface area contributed by atoms with Gasteiger partial charge in [0.25, 0.3) is 0 Å². The highest BCUT2D eigenvalue weighted by Gasteiger charge is 2.57. The lowest BCUT2D eigenvalue weighted by atomic mass is 9.55. The van der Waals surface area contributed by atoms with E-state index < -0.39 is 5.60 Å². The Morgan fingerprint density at radius 1 is 1.10 bits per heavy atom. The molecule has 3 rings (SSSR count). The van der Waals surface area contributed by atoms with Crippen LogP contribution in [0.15, 0.2) is 0 Å². The van der Waals surface area contributed by atoms with Gasteiger partial charge < -0.3 is 15.2 Å². The summed E-state index contributed by atoms with van der Waals surface area (Å²) < 4.78 is 5.96. The molecule has 1 heterocycles. The third-order valence-electron chi connectivity index (χ3n) is 6.02. The third kappa shape index (κ3) is 2.65. The van der Waals surface area contributed by atoms with Crippen molar-refractivity contribution in [3.8, 4) is 0 Å². The zero-order valence-corrected chi connectivity index (χ0v) is 13.2. The van der Waals surface area contributed by atoms with Gasteiger partial charge in [-0.3, -0.25) is 0 Å². The van der Waals surface area contributed by atoms with Crippen molar-refractivity contribution in [3.63, 3.8) is 0 Å². The van der Waals surface area contributed by atoms with Crippen LogP contribution in [-0.2, 0) is 4.74 Å². The van der Waals surface area contributed by atoms with E-state index in [0.717, 1.165) is 26.0 Å². The Hall–Kier alpha value is -0.120. The number of nitrogens with one attached hydrogen (secondary N) is 1. The maximum Gasteiger partial charge on any atom is 0.0771 e. The highest BCUT2D eigenvalue weighted by atomic mass is 16.5. The summed E-state index contributed by atoms with van der Waals surface area (Å²) in [5, 5.41) is 14.5. The highest BCUT2D eigenvalue weighted by Crippen LogP contribution is 2.51. The van der Waals surface area contributed by atoms with Crippen molar-refractivity contribution in [2.45, 2.75) is 83.0 Å². The molecule has 0 aromatic heterocycles. The first-order valence-electron chi connectivity index (χ1n) is 8.60. The summed E-state index contributed by atoms with van der Waals surface area (Å²) in [5.74, 6) is 0.660. The quantitative estimate of drug-likeness (QED) is 0.782. The van der Waals surface area contributed by atoms with Gasteiger partial charge in [0, 0.05) is 30.5 Å². The Labute approximate surface area is 123 Å². The molecular weight excluding hydrogens is 250 g/mol. The summed E-state index contributed by atoms with van der Waals surface area (Å²) in [6.45, 7) is 6.33. The molecule has 0 amide bonds. The van der Waals surface area contributed by atoms with Crippen molar-refractivity contribution in [2.24, 2.45) is 11.3 Å². The van der Waals surface area contributed by atoms with E-state index in [9.17, 15) is 5.11 Å². The van der Waals surface area contributed by atoms with Crippen molar-refractivity contribution in [1.82, 2.24) is 5.32 Å². The molecule has 2 N–H and O–H groups in total. The SMILES string of the molecule is CC1(C)C(NCC2(O)CCCCCC2)C2CCCOC21. The summed E-state index contributed by atoms with van der Waals surface area (Å²) in [6.07, 6.45) is 9.78. The van der Waals surface area contributed by atoms with Crippen LogP contribution in [0.2, 0.25) is 0 Å². The zero-order valence-electron chi connectivity index (χ0n) is 13.2. The summed E-state index contributed by atoms with van der Waals surface area (Å²) in [7, 11) is 0. The first-order valence-corrected chi connectivity index (χ1v) is 8.60. The van der Waals surface area contributed by atoms with Gasteiger partial charge in [0.2, 0.25) is 0 Å². The van der Waals surface area contributed by atoms with E-state index in [4.69, 9.17) is 4.74 Å². The third-order valence-corrected chi connectivity index (χ3v) is 6.02. The van der Waals surface area contributed by atoms with Gasteiger partial charge in [0.1, 0.15) is 0 Å². The van der Waals surface area contributed by atoms with E-state index in [1.54, 1.807) is 0 Å². The molecule has 0 radical (unpaired) electrons. The second kappa shape index (κ2) is 5.58. The predicted molar refractivity (Wildman–Crippen MR) is 80.7 cm³/mol. The molecule has 1 saturated heterocycles. The molecule has 2 saturated carbocycles. The summed E-state index contributed by atoms with van der Waals surface area (Å²) >= 11 is 0. The van der Waals surface area contributed by atoms with Crippen molar-refractivity contribution in [3.05, 3.63) is 0 Å². The molecule has 1 aliphatic heterocycles. The van der Waals surface area contributed by atoms with Crippen LogP contribution in [0.25, 0.3) is 0 Å². The predicted octanol–water partition coefficient (Wildman–Crippen LogP) is 2.86. The molecule has 3 fully saturated rings. The Morgan fingerprint density at radius 2 is 1.80 bits per heavy atom. The number of aliphatic hydroxyl groups is 1. The second-order valence-electron chi connectivity index (χ2n) is 7.92. The lowest BCUT2D eigenvalue weighted by Crippen LogP contribution is -2.70. The molecule has 2 aliphatic carbocycles. The molecule has 3 aliphatic rings. The zero-order chi connectivity index (χ0) is 14.2. The van der Waals surface area contributed by atoms with Gasteiger partial charge in [-0.15, -0.1) is 0 Å². The fourth-order valence-corrected chi connectivity index (χ4v) is 4.80. The van der Waals surface area contributed by atoms with Crippen LogP contribution >= 0.6 is 0 Å². The maximum absolute atomic E-state index is 10.8. The largest absolute Gasteiger partial charge is 0.389 e. The number of hydrogen-bond acceptors (Lipinski definition) is 3. The van der Waals surface area contributed by atoms with Crippen molar-refractivity contribution in [1.29, 1.82) is 0 Å².